The van der Waals surface area contributed by atoms with Gasteiger partial charge in [-0.15, -0.1) is 0 Å². The molecule has 0 radical (unpaired) electrons. The minimum absolute atomic E-state index is 0.150. The highest BCUT2D eigenvalue weighted by atomic mass is 16.5. The Morgan fingerprint density at radius 2 is 1.61 bits per heavy atom. The number of rotatable bonds is 5. The SMILES string of the molecule is COC(=O)C(c1ccc(OC(C)C)cc1)C(C)C. The minimum Gasteiger partial charge on any atom is -0.491 e. The lowest BCUT2D eigenvalue weighted by atomic mass is 9.88. The van der Waals surface area contributed by atoms with Gasteiger partial charge in [-0.1, -0.05) is 26.0 Å². The van der Waals surface area contributed by atoms with Crippen LogP contribution < -0.4 is 4.74 Å². The van der Waals surface area contributed by atoms with E-state index in [1.54, 1.807) is 0 Å². The van der Waals surface area contributed by atoms with Gasteiger partial charge in [0.05, 0.1) is 19.1 Å². The van der Waals surface area contributed by atoms with Crippen LogP contribution in [-0.2, 0) is 9.53 Å². The van der Waals surface area contributed by atoms with Crippen LogP contribution in [0.4, 0.5) is 0 Å². The summed E-state index contributed by atoms with van der Waals surface area (Å²) in [4.78, 5) is 11.8. The van der Waals surface area contributed by atoms with Crippen LogP contribution in [0.1, 0.15) is 39.2 Å². The van der Waals surface area contributed by atoms with Gasteiger partial charge in [0.1, 0.15) is 5.75 Å². The Bertz CT molecular complexity index is 379. The Labute approximate surface area is 109 Å². The average Bonchev–Trinajstić information content (AvgIpc) is 2.30. The molecule has 0 N–H and O–H groups in total. The first-order valence-corrected chi connectivity index (χ1v) is 6.30. The third kappa shape index (κ3) is 3.76. The summed E-state index contributed by atoms with van der Waals surface area (Å²) in [5.74, 6) is 0.612. The fraction of sp³-hybridized carbons (Fsp3) is 0.533. The fourth-order valence-corrected chi connectivity index (χ4v) is 1.95. The smallest absolute Gasteiger partial charge is 0.313 e. The third-order valence-corrected chi connectivity index (χ3v) is 2.73. The molecule has 1 unspecified atom stereocenters. The van der Waals surface area contributed by atoms with Crippen molar-refractivity contribution in [1.29, 1.82) is 0 Å². The maximum absolute atomic E-state index is 11.8. The van der Waals surface area contributed by atoms with E-state index in [1.165, 1.54) is 7.11 Å². The lowest BCUT2D eigenvalue weighted by Gasteiger charge is -2.19. The van der Waals surface area contributed by atoms with Crippen molar-refractivity contribution in [3.05, 3.63) is 29.8 Å². The molecule has 0 aliphatic carbocycles. The molecule has 0 aromatic heterocycles. The molecule has 0 saturated heterocycles. The summed E-state index contributed by atoms with van der Waals surface area (Å²) in [5, 5.41) is 0. The lowest BCUT2D eigenvalue weighted by molar-refractivity contribution is -0.143. The number of ether oxygens (including phenoxy) is 2. The van der Waals surface area contributed by atoms with Crippen molar-refractivity contribution >= 4 is 5.97 Å². The van der Waals surface area contributed by atoms with E-state index < -0.39 is 0 Å². The zero-order chi connectivity index (χ0) is 13.7. The molecule has 0 spiro atoms. The maximum atomic E-state index is 11.8. The molecule has 0 heterocycles. The highest BCUT2D eigenvalue weighted by molar-refractivity contribution is 5.78. The number of esters is 1. The van der Waals surface area contributed by atoms with E-state index in [0.29, 0.717) is 0 Å². The van der Waals surface area contributed by atoms with Crippen LogP contribution in [0.25, 0.3) is 0 Å². The molecule has 0 fully saturated rings. The molecule has 18 heavy (non-hydrogen) atoms. The molecule has 1 rings (SSSR count). The molecular formula is C15H22O3. The van der Waals surface area contributed by atoms with Gasteiger partial charge < -0.3 is 9.47 Å². The van der Waals surface area contributed by atoms with Crippen molar-refractivity contribution in [2.75, 3.05) is 7.11 Å². The molecule has 0 saturated carbocycles. The molecule has 3 nitrogen and oxygen atoms in total. The second-order valence-electron chi connectivity index (χ2n) is 4.98. The number of carbonyl (C=O) groups excluding carboxylic acids is 1. The zero-order valence-corrected chi connectivity index (χ0v) is 11.8. The van der Waals surface area contributed by atoms with E-state index in [9.17, 15) is 4.79 Å². The first-order valence-electron chi connectivity index (χ1n) is 6.30. The van der Waals surface area contributed by atoms with E-state index in [1.807, 2.05) is 52.0 Å². The molecule has 1 atom stereocenters. The molecule has 0 aliphatic rings. The summed E-state index contributed by atoms with van der Waals surface area (Å²) in [6.45, 7) is 8.00. The fourth-order valence-electron chi connectivity index (χ4n) is 1.95. The van der Waals surface area contributed by atoms with Gasteiger partial charge >= 0.3 is 5.97 Å². The summed E-state index contributed by atoms with van der Waals surface area (Å²) in [6.07, 6.45) is 0.150. The first kappa shape index (κ1) is 14.6. The Balaban J connectivity index is 2.90. The lowest BCUT2D eigenvalue weighted by Crippen LogP contribution is -2.19. The van der Waals surface area contributed by atoms with Gasteiger partial charge in [-0.2, -0.15) is 0 Å². The van der Waals surface area contributed by atoms with Crippen molar-refractivity contribution < 1.29 is 14.3 Å². The van der Waals surface area contributed by atoms with Crippen LogP contribution in [0.5, 0.6) is 5.75 Å². The zero-order valence-electron chi connectivity index (χ0n) is 11.8. The summed E-state index contributed by atoms with van der Waals surface area (Å²) < 4.78 is 10.4. The Hall–Kier alpha value is -1.51. The van der Waals surface area contributed by atoms with Gasteiger partial charge in [-0.05, 0) is 37.5 Å². The van der Waals surface area contributed by atoms with E-state index >= 15 is 0 Å². The third-order valence-electron chi connectivity index (χ3n) is 2.73. The van der Waals surface area contributed by atoms with Crippen molar-refractivity contribution in [2.24, 2.45) is 5.92 Å². The monoisotopic (exact) mass is 250 g/mol. The molecule has 100 valence electrons. The average molecular weight is 250 g/mol. The Morgan fingerprint density at radius 3 is 2.00 bits per heavy atom. The van der Waals surface area contributed by atoms with Gasteiger partial charge in [0, 0.05) is 0 Å². The summed E-state index contributed by atoms with van der Waals surface area (Å²) >= 11 is 0. The highest BCUT2D eigenvalue weighted by Gasteiger charge is 2.24. The number of carbonyl (C=O) groups is 1. The van der Waals surface area contributed by atoms with Crippen molar-refractivity contribution in [2.45, 2.75) is 39.7 Å². The quantitative estimate of drug-likeness (QED) is 0.751. The van der Waals surface area contributed by atoms with Crippen molar-refractivity contribution in [1.82, 2.24) is 0 Å². The standard InChI is InChI=1S/C15H22O3/c1-10(2)14(15(16)17-5)12-6-8-13(9-7-12)18-11(3)4/h6-11,14H,1-5H3. The van der Waals surface area contributed by atoms with Gasteiger partial charge in [-0.25, -0.2) is 0 Å². The van der Waals surface area contributed by atoms with Gasteiger partial charge in [0.15, 0.2) is 0 Å². The number of methoxy groups -OCH3 is 1. The second-order valence-corrected chi connectivity index (χ2v) is 4.98. The molecule has 0 amide bonds. The summed E-state index contributed by atoms with van der Waals surface area (Å²) in [5.41, 5.74) is 0.966. The largest absolute Gasteiger partial charge is 0.491 e. The Morgan fingerprint density at radius 1 is 1.06 bits per heavy atom. The van der Waals surface area contributed by atoms with Crippen molar-refractivity contribution in [3.8, 4) is 5.75 Å². The summed E-state index contributed by atoms with van der Waals surface area (Å²) in [7, 11) is 1.42. The van der Waals surface area contributed by atoms with E-state index in [-0.39, 0.29) is 23.9 Å². The number of benzene rings is 1. The molecule has 0 aliphatic heterocycles. The number of hydrogen-bond donors (Lipinski definition) is 0. The normalized spacial score (nSPS) is 12.6. The van der Waals surface area contributed by atoms with Crippen LogP contribution in [-0.4, -0.2) is 19.2 Å². The van der Waals surface area contributed by atoms with Crippen LogP contribution in [0.15, 0.2) is 24.3 Å². The molecule has 3 heteroatoms. The molecule has 1 aromatic carbocycles. The van der Waals surface area contributed by atoms with Crippen LogP contribution in [0, 0.1) is 5.92 Å². The van der Waals surface area contributed by atoms with Crippen LogP contribution in [0.3, 0.4) is 0 Å². The molecule has 0 bridgehead atoms. The highest BCUT2D eigenvalue weighted by Crippen LogP contribution is 2.27. The van der Waals surface area contributed by atoms with Gasteiger partial charge in [-0.3, -0.25) is 4.79 Å². The molecule has 1 aromatic rings. The minimum atomic E-state index is -0.219. The van der Waals surface area contributed by atoms with Crippen LogP contribution >= 0.6 is 0 Å². The van der Waals surface area contributed by atoms with E-state index in [2.05, 4.69) is 0 Å². The van der Waals surface area contributed by atoms with Crippen molar-refractivity contribution in [3.63, 3.8) is 0 Å². The Kier molecular flexibility index (Phi) is 5.20. The van der Waals surface area contributed by atoms with E-state index in [0.717, 1.165) is 11.3 Å². The number of hydrogen-bond acceptors (Lipinski definition) is 3. The molecular weight excluding hydrogens is 228 g/mol. The van der Waals surface area contributed by atoms with Gasteiger partial charge in [0.25, 0.3) is 0 Å². The predicted molar refractivity (Wildman–Crippen MR) is 71.8 cm³/mol. The van der Waals surface area contributed by atoms with Gasteiger partial charge in [0.2, 0.25) is 0 Å². The first-order chi connectivity index (χ1) is 8.45. The topological polar surface area (TPSA) is 35.5 Å². The maximum Gasteiger partial charge on any atom is 0.313 e. The predicted octanol–water partition coefficient (Wildman–Crippen LogP) is 3.39. The summed E-state index contributed by atoms with van der Waals surface area (Å²) in [6, 6.07) is 7.65. The second kappa shape index (κ2) is 6.43. The van der Waals surface area contributed by atoms with Crippen LogP contribution in [0.2, 0.25) is 0 Å². The van der Waals surface area contributed by atoms with E-state index in [4.69, 9.17) is 9.47 Å².